The first-order valence-electron chi connectivity index (χ1n) is 5.59. The molecule has 0 N–H and O–H groups in total. The average molecular weight is 245 g/mol. The largest absolute Gasteiger partial charge is 0.548 e. The number of rotatable bonds is 2. The van der Waals surface area contributed by atoms with Gasteiger partial charge in [0.25, 0.3) is 0 Å². The van der Waals surface area contributed by atoms with E-state index < -0.39 is 11.6 Å². The van der Waals surface area contributed by atoms with Crippen LogP contribution in [0.3, 0.4) is 0 Å². The van der Waals surface area contributed by atoms with Crippen LogP contribution in [0.25, 0.3) is 0 Å². The van der Waals surface area contributed by atoms with Gasteiger partial charge in [-0.05, 0) is 32.0 Å². The smallest absolute Gasteiger partial charge is 0.143 e. The van der Waals surface area contributed by atoms with Gasteiger partial charge >= 0.3 is 0 Å². The molecule has 0 saturated carbocycles. The summed E-state index contributed by atoms with van der Waals surface area (Å²) >= 11 is 0. The lowest BCUT2D eigenvalue weighted by Gasteiger charge is -2.41. The van der Waals surface area contributed by atoms with E-state index >= 15 is 0 Å². The molecule has 1 aromatic rings. The molecule has 0 spiro atoms. The molecule has 0 aliphatic carbocycles. The van der Waals surface area contributed by atoms with Crippen LogP contribution in [0.2, 0.25) is 0 Å². The molecule has 0 fully saturated rings. The molecular weight excluding hydrogens is 232 g/mol. The number of benzene rings is 1. The van der Waals surface area contributed by atoms with E-state index in [1.807, 2.05) is 19.9 Å². The quantitative estimate of drug-likeness (QED) is 0.748. The minimum absolute atomic E-state index is 0.214. The van der Waals surface area contributed by atoms with Gasteiger partial charge < -0.3 is 19.5 Å². The van der Waals surface area contributed by atoms with Crippen molar-refractivity contribution in [2.24, 2.45) is 0 Å². The number of hydrogen-bond donors (Lipinski definition) is 0. The molecule has 2 rings (SSSR count). The van der Waals surface area contributed by atoms with Gasteiger partial charge in [-0.15, -0.1) is 0 Å². The van der Waals surface area contributed by atoms with Crippen molar-refractivity contribution in [1.82, 2.24) is 0 Å². The van der Waals surface area contributed by atoms with E-state index in [1.165, 1.54) is 0 Å². The Morgan fingerprint density at radius 3 is 2.94 bits per heavy atom. The maximum absolute atomic E-state index is 10.8. The fourth-order valence-electron chi connectivity index (χ4n) is 2.09. The number of ether oxygens (including phenoxy) is 1. The fourth-order valence-corrected chi connectivity index (χ4v) is 2.09. The Kier molecular flexibility index (Phi) is 2.87. The minimum atomic E-state index is -1.15. The van der Waals surface area contributed by atoms with Crippen LogP contribution in [0.1, 0.15) is 19.4 Å². The van der Waals surface area contributed by atoms with Crippen molar-refractivity contribution in [1.29, 1.82) is 5.26 Å². The molecule has 1 aromatic carbocycles. The average Bonchev–Trinajstić information content (AvgIpc) is 2.26. The molecule has 1 heterocycles. The summed E-state index contributed by atoms with van der Waals surface area (Å²) in [7, 11) is 0. The number of hydrogen-bond acceptors (Lipinski definition) is 5. The highest BCUT2D eigenvalue weighted by molar-refractivity contribution is 5.74. The fraction of sp³-hybridized carbons (Fsp3) is 0.385. The number of anilines is 1. The van der Waals surface area contributed by atoms with Gasteiger partial charge in [-0.1, -0.05) is 0 Å². The SMILES string of the molecule is CC1(C)CN(CC(=O)[O-])c2cc(C#N)ccc2O1. The summed E-state index contributed by atoms with van der Waals surface area (Å²) in [5.74, 6) is -0.562. The molecule has 0 aromatic heterocycles. The number of carbonyl (C=O) groups excluding carboxylic acids is 1. The number of carboxylic acid groups (broad SMARTS) is 1. The van der Waals surface area contributed by atoms with Crippen molar-refractivity contribution in [3.05, 3.63) is 23.8 Å². The Labute approximate surface area is 105 Å². The zero-order valence-corrected chi connectivity index (χ0v) is 10.3. The van der Waals surface area contributed by atoms with Gasteiger partial charge in [0.1, 0.15) is 11.4 Å². The second kappa shape index (κ2) is 4.22. The third-order valence-corrected chi connectivity index (χ3v) is 2.71. The van der Waals surface area contributed by atoms with Gasteiger partial charge in [-0.3, -0.25) is 0 Å². The minimum Gasteiger partial charge on any atom is -0.548 e. The van der Waals surface area contributed by atoms with E-state index in [2.05, 4.69) is 0 Å². The first kappa shape index (κ1) is 12.2. The van der Waals surface area contributed by atoms with E-state index in [4.69, 9.17) is 10.00 Å². The van der Waals surface area contributed by atoms with Crippen LogP contribution < -0.4 is 14.7 Å². The molecule has 0 atom stereocenters. The van der Waals surface area contributed by atoms with Crippen LogP contribution in [-0.4, -0.2) is 24.7 Å². The predicted molar refractivity (Wildman–Crippen MR) is 63.1 cm³/mol. The van der Waals surface area contributed by atoms with Crippen molar-refractivity contribution < 1.29 is 14.6 Å². The maximum Gasteiger partial charge on any atom is 0.143 e. The lowest BCUT2D eigenvalue weighted by molar-refractivity contribution is -0.303. The number of fused-ring (bicyclic) bond motifs is 1. The van der Waals surface area contributed by atoms with Gasteiger partial charge in [-0.2, -0.15) is 5.26 Å². The zero-order valence-electron chi connectivity index (χ0n) is 10.3. The second-order valence-corrected chi connectivity index (χ2v) is 4.88. The molecule has 0 radical (unpaired) electrons. The van der Waals surface area contributed by atoms with Crippen LogP contribution in [0, 0.1) is 11.3 Å². The second-order valence-electron chi connectivity index (χ2n) is 4.88. The van der Waals surface area contributed by atoms with Gasteiger partial charge in [0.05, 0.1) is 36.4 Å². The number of carbonyl (C=O) groups is 1. The molecule has 94 valence electrons. The highest BCUT2D eigenvalue weighted by Gasteiger charge is 2.31. The summed E-state index contributed by atoms with van der Waals surface area (Å²) in [4.78, 5) is 12.4. The maximum atomic E-state index is 10.8. The van der Waals surface area contributed by atoms with E-state index in [9.17, 15) is 9.90 Å². The standard InChI is InChI=1S/C13H14N2O3/c1-13(2)8-15(7-12(16)17)10-5-9(6-14)3-4-11(10)18-13/h3-5H,7-8H2,1-2H3,(H,16,17)/p-1. The Bertz CT molecular complexity index is 532. The topological polar surface area (TPSA) is 76.4 Å². The number of nitriles is 1. The molecule has 0 bridgehead atoms. The molecule has 0 amide bonds. The van der Waals surface area contributed by atoms with Crippen LogP contribution in [0.4, 0.5) is 5.69 Å². The molecular formula is C13H13N2O3-. The Morgan fingerprint density at radius 1 is 1.61 bits per heavy atom. The lowest BCUT2D eigenvalue weighted by Crippen LogP contribution is -2.50. The number of carboxylic acids is 1. The van der Waals surface area contributed by atoms with Gasteiger partial charge in [0.15, 0.2) is 0 Å². The van der Waals surface area contributed by atoms with Gasteiger partial charge in [0.2, 0.25) is 0 Å². The van der Waals surface area contributed by atoms with Gasteiger partial charge in [0, 0.05) is 0 Å². The molecule has 5 nitrogen and oxygen atoms in total. The Morgan fingerprint density at radius 2 is 2.33 bits per heavy atom. The van der Waals surface area contributed by atoms with Gasteiger partial charge in [-0.25, -0.2) is 0 Å². The van der Waals surface area contributed by atoms with Crippen molar-refractivity contribution in [3.63, 3.8) is 0 Å². The summed E-state index contributed by atoms with van der Waals surface area (Å²) in [5, 5.41) is 19.7. The van der Waals surface area contributed by atoms with E-state index in [1.54, 1.807) is 23.1 Å². The summed E-state index contributed by atoms with van der Waals surface area (Å²) in [5.41, 5.74) is 0.620. The summed E-state index contributed by atoms with van der Waals surface area (Å²) in [6, 6.07) is 7.00. The zero-order chi connectivity index (χ0) is 13.3. The first-order valence-corrected chi connectivity index (χ1v) is 5.59. The van der Waals surface area contributed by atoms with Crippen molar-refractivity contribution >= 4 is 11.7 Å². The monoisotopic (exact) mass is 245 g/mol. The molecule has 1 aliphatic rings. The van der Waals surface area contributed by atoms with Crippen LogP contribution in [0.15, 0.2) is 18.2 Å². The number of nitrogens with zero attached hydrogens (tertiary/aromatic N) is 2. The molecule has 18 heavy (non-hydrogen) atoms. The van der Waals surface area contributed by atoms with E-state index in [-0.39, 0.29) is 6.54 Å². The normalized spacial score (nSPS) is 16.4. The van der Waals surface area contributed by atoms with Crippen LogP contribution in [0.5, 0.6) is 5.75 Å². The van der Waals surface area contributed by atoms with E-state index in [0.717, 1.165) is 0 Å². The summed E-state index contributed by atoms with van der Waals surface area (Å²) in [6.45, 7) is 3.99. The molecule has 0 saturated heterocycles. The Hall–Kier alpha value is -2.22. The molecule has 0 unspecified atom stereocenters. The van der Waals surface area contributed by atoms with Crippen molar-refractivity contribution in [3.8, 4) is 11.8 Å². The first-order chi connectivity index (χ1) is 8.41. The third kappa shape index (κ3) is 2.38. The highest BCUT2D eigenvalue weighted by atomic mass is 16.5. The van der Waals surface area contributed by atoms with Crippen LogP contribution >= 0.6 is 0 Å². The molecule has 1 aliphatic heterocycles. The third-order valence-electron chi connectivity index (χ3n) is 2.71. The summed E-state index contributed by atoms with van der Waals surface area (Å²) < 4.78 is 5.77. The summed E-state index contributed by atoms with van der Waals surface area (Å²) in [6.07, 6.45) is 0. The number of aliphatic carboxylic acids is 1. The van der Waals surface area contributed by atoms with Crippen molar-refractivity contribution in [2.75, 3.05) is 18.0 Å². The van der Waals surface area contributed by atoms with Crippen molar-refractivity contribution in [2.45, 2.75) is 19.4 Å². The molecule has 5 heteroatoms. The predicted octanol–water partition coefficient (Wildman–Crippen LogP) is 0.286. The van der Waals surface area contributed by atoms with Crippen LogP contribution in [-0.2, 0) is 4.79 Å². The lowest BCUT2D eigenvalue weighted by atomic mass is 10.0. The highest BCUT2D eigenvalue weighted by Crippen LogP contribution is 2.37. The van der Waals surface area contributed by atoms with E-state index in [0.29, 0.717) is 23.5 Å². The Balaban J connectivity index is 2.44.